The molecular weight excluding hydrogens is 213 g/mol. The zero-order valence-electron chi connectivity index (χ0n) is 8.39. The second kappa shape index (κ2) is 6.44. The Labute approximate surface area is 85.9 Å². The van der Waals surface area contributed by atoms with Crippen LogP contribution in [0.4, 0.5) is 13.2 Å². The molecule has 0 amide bonds. The van der Waals surface area contributed by atoms with Crippen molar-refractivity contribution in [1.29, 1.82) is 0 Å². The normalized spacial score (nSPS) is 11.2. The lowest BCUT2D eigenvalue weighted by Crippen LogP contribution is -2.22. The fourth-order valence-electron chi connectivity index (χ4n) is 0.648. The quantitative estimate of drug-likeness (QED) is 0.395. The van der Waals surface area contributed by atoms with Crippen LogP contribution in [0.3, 0.4) is 0 Å². The SMILES string of the molecule is C=C(COCCC)C(=O)OCC(F)(F)F. The van der Waals surface area contributed by atoms with Crippen LogP contribution in [0.1, 0.15) is 13.3 Å². The minimum absolute atomic E-state index is 0.107. The van der Waals surface area contributed by atoms with Gasteiger partial charge in [-0.3, -0.25) is 0 Å². The number of esters is 1. The fourth-order valence-corrected chi connectivity index (χ4v) is 0.648. The number of alkyl halides is 3. The Balaban J connectivity index is 3.75. The molecule has 0 fully saturated rings. The highest BCUT2D eigenvalue weighted by Crippen LogP contribution is 2.15. The Morgan fingerprint density at radius 1 is 1.40 bits per heavy atom. The first kappa shape index (κ1) is 14.0. The van der Waals surface area contributed by atoms with Crippen molar-refractivity contribution < 1.29 is 27.4 Å². The summed E-state index contributed by atoms with van der Waals surface area (Å²) in [5, 5.41) is 0. The van der Waals surface area contributed by atoms with Gasteiger partial charge in [0.15, 0.2) is 6.61 Å². The van der Waals surface area contributed by atoms with Crippen LogP contribution < -0.4 is 0 Å². The van der Waals surface area contributed by atoms with Gasteiger partial charge in [-0.1, -0.05) is 13.5 Å². The molecule has 3 nitrogen and oxygen atoms in total. The molecule has 0 bridgehead atoms. The van der Waals surface area contributed by atoms with Gasteiger partial charge >= 0.3 is 12.1 Å². The lowest BCUT2D eigenvalue weighted by molar-refractivity contribution is -0.183. The summed E-state index contributed by atoms with van der Waals surface area (Å²) in [6.07, 6.45) is -3.76. The third-order valence-corrected chi connectivity index (χ3v) is 1.28. The van der Waals surface area contributed by atoms with Crippen LogP contribution in [-0.4, -0.2) is 32.0 Å². The van der Waals surface area contributed by atoms with Crippen molar-refractivity contribution in [3.05, 3.63) is 12.2 Å². The van der Waals surface area contributed by atoms with Crippen LogP contribution in [0.2, 0.25) is 0 Å². The second-order valence-electron chi connectivity index (χ2n) is 2.85. The minimum atomic E-state index is -4.51. The van der Waals surface area contributed by atoms with E-state index in [0.717, 1.165) is 6.42 Å². The van der Waals surface area contributed by atoms with Crippen molar-refractivity contribution in [2.75, 3.05) is 19.8 Å². The van der Waals surface area contributed by atoms with Gasteiger partial charge in [0.1, 0.15) is 0 Å². The molecule has 0 saturated heterocycles. The van der Waals surface area contributed by atoms with Crippen LogP contribution in [0, 0.1) is 0 Å². The van der Waals surface area contributed by atoms with E-state index in [1.807, 2.05) is 6.92 Å². The van der Waals surface area contributed by atoms with Gasteiger partial charge in [0, 0.05) is 6.61 Å². The average molecular weight is 226 g/mol. The van der Waals surface area contributed by atoms with E-state index in [2.05, 4.69) is 11.3 Å². The standard InChI is InChI=1S/C9H13F3O3/c1-3-4-14-5-7(2)8(13)15-6-9(10,11)12/h2-6H2,1H3. The molecular formula is C9H13F3O3. The number of carbonyl (C=O) groups is 1. The Morgan fingerprint density at radius 3 is 2.47 bits per heavy atom. The summed E-state index contributed by atoms with van der Waals surface area (Å²) in [4.78, 5) is 10.9. The van der Waals surface area contributed by atoms with Crippen molar-refractivity contribution >= 4 is 5.97 Å². The number of hydrogen-bond acceptors (Lipinski definition) is 3. The predicted molar refractivity (Wildman–Crippen MR) is 47.3 cm³/mol. The Bertz CT molecular complexity index is 223. The van der Waals surface area contributed by atoms with Gasteiger partial charge in [0.05, 0.1) is 12.2 Å². The maximum Gasteiger partial charge on any atom is 0.422 e. The minimum Gasteiger partial charge on any atom is -0.453 e. The van der Waals surface area contributed by atoms with E-state index in [1.54, 1.807) is 0 Å². The largest absolute Gasteiger partial charge is 0.453 e. The zero-order valence-corrected chi connectivity index (χ0v) is 8.39. The molecule has 0 radical (unpaired) electrons. The number of rotatable bonds is 6. The molecule has 0 aliphatic heterocycles. The van der Waals surface area contributed by atoms with Crippen molar-refractivity contribution in [1.82, 2.24) is 0 Å². The Morgan fingerprint density at radius 2 is 2.00 bits per heavy atom. The molecule has 0 aliphatic carbocycles. The zero-order chi connectivity index (χ0) is 11.9. The lowest BCUT2D eigenvalue weighted by atomic mass is 10.3. The molecule has 0 N–H and O–H groups in total. The highest BCUT2D eigenvalue weighted by molar-refractivity contribution is 5.87. The fraction of sp³-hybridized carbons (Fsp3) is 0.667. The van der Waals surface area contributed by atoms with E-state index in [-0.39, 0.29) is 12.2 Å². The molecule has 0 aliphatic rings. The van der Waals surface area contributed by atoms with E-state index < -0.39 is 18.8 Å². The molecule has 0 atom stereocenters. The summed E-state index contributed by atoms with van der Waals surface area (Å²) in [7, 11) is 0. The monoisotopic (exact) mass is 226 g/mol. The summed E-state index contributed by atoms with van der Waals surface area (Å²) in [5.41, 5.74) is -0.118. The summed E-state index contributed by atoms with van der Waals surface area (Å²) < 4.78 is 43.8. The number of carbonyl (C=O) groups excluding carboxylic acids is 1. The Kier molecular flexibility index (Phi) is 6.00. The van der Waals surface area contributed by atoms with E-state index in [1.165, 1.54) is 0 Å². The van der Waals surface area contributed by atoms with Crippen LogP contribution in [0.5, 0.6) is 0 Å². The van der Waals surface area contributed by atoms with Gasteiger partial charge in [-0.25, -0.2) is 4.79 Å². The van der Waals surface area contributed by atoms with Crippen LogP contribution in [0.25, 0.3) is 0 Å². The maximum absolute atomic E-state index is 11.6. The van der Waals surface area contributed by atoms with E-state index in [9.17, 15) is 18.0 Å². The summed E-state index contributed by atoms with van der Waals surface area (Å²) in [6.45, 7) is 3.84. The molecule has 0 aromatic rings. The van der Waals surface area contributed by atoms with Gasteiger partial charge in [-0.15, -0.1) is 0 Å². The van der Waals surface area contributed by atoms with Crippen molar-refractivity contribution in [2.24, 2.45) is 0 Å². The molecule has 0 aromatic carbocycles. The molecule has 88 valence electrons. The topological polar surface area (TPSA) is 35.5 Å². The molecule has 0 saturated carbocycles. The first-order valence-corrected chi connectivity index (χ1v) is 4.36. The van der Waals surface area contributed by atoms with Crippen LogP contribution in [-0.2, 0) is 14.3 Å². The summed E-state index contributed by atoms with van der Waals surface area (Å²) >= 11 is 0. The van der Waals surface area contributed by atoms with E-state index >= 15 is 0 Å². The lowest BCUT2D eigenvalue weighted by Gasteiger charge is -2.09. The molecule has 6 heteroatoms. The van der Waals surface area contributed by atoms with Gasteiger partial charge < -0.3 is 9.47 Å². The number of hydrogen-bond donors (Lipinski definition) is 0. The first-order chi connectivity index (χ1) is 6.87. The summed E-state index contributed by atoms with van der Waals surface area (Å²) in [6, 6.07) is 0. The van der Waals surface area contributed by atoms with E-state index in [4.69, 9.17) is 4.74 Å². The maximum atomic E-state index is 11.6. The molecule has 15 heavy (non-hydrogen) atoms. The van der Waals surface area contributed by atoms with Gasteiger partial charge in [-0.2, -0.15) is 13.2 Å². The highest BCUT2D eigenvalue weighted by Gasteiger charge is 2.29. The van der Waals surface area contributed by atoms with E-state index in [0.29, 0.717) is 6.61 Å². The second-order valence-corrected chi connectivity index (χ2v) is 2.85. The smallest absolute Gasteiger partial charge is 0.422 e. The van der Waals surface area contributed by atoms with Gasteiger partial charge in [0.25, 0.3) is 0 Å². The molecule has 0 aromatic heterocycles. The first-order valence-electron chi connectivity index (χ1n) is 4.36. The van der Waals surface area contributed by atoms with Crippen molar-refractivity contribution in [2.45, 2.75) is 19.5 Å². The molecule has 0 heterocycles. The third kappa shape index (κ3) is 7.99. The molecule has 0 spiro atoms. The van der Waals surface area contributed by atoms with Crippen LogP contribution in [0.15, 0.2) is 12.2 Å². The van der Waals surface area contributed by atoms with Crippen LogP contribution >= 0.6 is 0 Å². The highest BCUT2D eigenvalue weighted by atomic mass is 19.4. The van der Waals surface area contributed by atoms with Gasteiger partial charge in [-0.05, 0) is 6.42 Å². The average Bonchev–Trinajstić information content (AvgIpc) is 2.13. The van der Waals surface area contributed by atoms with Gasteiger partial charge in [0.2, 0.25) is 0 Å². The third-order valence-electron chi connectivity index (χ3n) is 1.28. The molecule has 0 unspecified atom stereocenters. The summed E-state index contributed by atoms with van der Waals surface area (Å²) in [5.74, 6) is -1.08. The van der Waals surface area contributed by atoms with Crippen molar-refractivity contribution in [3.8, 4) is 0 Å². The number of ether oxygens (including phenoxy) is 2. The number of halogens is 3. The molecule has 0 rings (SSSR count). The predicted octanol–water partition coefficient (Wildman–Crippen LogP) is 2.07. The Hall–Kier alpha value is -1.04. The van der Waals surface area contributed by atoms with Crippen molar-refractivity contribution in [3.63, 3.8) is 0 Å².